The molecular weight excluding hydrogens is 703 g/mol. The number of carbonyl (C=O) groups is 2. The van der Waals surface area contributed by atoms with Crippen LogP contribution in [0.3, 0.4) is 0 Å². The van der Waals surface area contributed by atoms with Crippen LogP contribution < -0.4 is 16.0 Å². The van der Waals surface area contributed by atoms with Crippen LogP contribution in [0.5, 0.6) is 0 Å². The number of cyclic esters (lactones) is 1. The van der Waals surface area contributed by atoms with Crippen molar-refractivity contribution in [3.8, 4) is 0 Å². The smallest absolute Gasteiger partial charge is 0.340 e. The van der Waals surface area contributed by atoms with Crippen LogP contribution in [0.1, 0.15) is 124 Å². The van der Waals surface area contributed by atoms with E-state index in [1.165, 1.54) is 31.3 Å². The highest BCUT2D eigenvalue weighted by Gasteiger charge is 2.70. The van der Waals surface area contributed by atoms with Crippen molar-refractivity contribution in [2.24, 2.45) is 45.8 Å². The van der Waals surface area contributed by atoms with E-state index in [0.717, 1.165) is 118 Å². The molecule has 3 saturated carbocycles. The van der Waals surface area contributed by atoms with Gasteiger partial charge >= 0.3 is 11.9 Å². The van der Waals surface area contributed by atoms with Gasteiger partial charge in [-0.15, -0.1) is 0 Å². The average Bonchev–Trinajstić information content (AvgIpc) is 3.96. The summed E-state index contributed by atoms with van der Waals surface area (Å²) < 4.78 is 13.0. The van der Waals surface area contributed by atoms with Gasteiger partial charge in [-0.25, -0.2) is 9.59 Å². The number of aliphatic hydroxyl groups excluding tert-OH is 1. The fourth-order valence-corrected chi connectivity index (χ4v) is 15.8. The molecule has 4 N–H and O–H groups in total. The molecule has 2 spiro atoms. The topological polar surface area (TPSA) is 109 Å². The second-order valence-electron chi connectivity index (χ2n) is 18.3. The predicted molar refractivity (Wildman–Crippen MR) is 211 cm³/mol. The lowest BCUT2D eigenvalue weighted by molar-refractivity contribution is -0.135. The Morgan fingerprint density at radius 2 is 1.83 bits per heavy atom. The molecule has 0 amide bonds. The fourth-order valence-electron chi connectivity index (χ4n) is 13.2. The molecule has 9 atom stereocenters. The van der Waals surface area contributed by atoms with E-state index in [4.69, 9.17) is 9.47 Å². The largest absolute Gasteiger partial charge is 0.427 e. The molecule has 9 unspecified atom stereocenters. The minimum atomic E-state index is -0.627. The zero-order chi connectivity index (χ0) is 36.5. The Morgan fingerprint density at radius 1 is 1.04 bits per heavy atom. The SMILES string of the molecule is CCC1(C=C2OC(=O)C3=C2CCC2C4CCC5(C6=CCC(C)C(NCC(C)O)SSCNC7CC(CCN7)C7(CCCC7)C4=C5C(=O)O6)C32)CCCC1. The van der Waals surface area contributed by atoms with Crippen LogP contribution >= 0.6 is 21.6 Å². The summed E-state index contributed by atoms with van der Waals surface area (Å²) in [6.45, 7) is 7.88. The first-order valence-corrected chi connectivity index (χ1v) is 23.6. The lowest BCUT2D eigenvalue weighted by atomic mass is 9.41. The van der Waals surface area contributed by atoms with E-state index in [1.54, 1.807) is 0 Å². The molecule has 2 saturated heterocycles. The Morgan fingerprint density at radius 3 is 2.60 bits per heavy atom. The number of piperidine rings is 1. The van der Waals surface area contributed by atoms with Gasteiger partial charge < -0.3 is 25.2 Å². The molecule has 8 nitrogen and oxygen atoms in total. The number of hydrogen-bond donors (Lipinski definition) is 4. The van der Waals surface area contributed by atoms with Crippen molar-refractivity contribution in [2.45, 2.75) is 141 Å². The molecule has 7 bridgehead atoms. The van der Waals surface area contributed by atoms with Gasteiger partial charge in [0.15, 0.2) is 0 Å². The fraction of sp³-hybridized carbons (Fsp3) is 0.767. The molecule has 4 aliphatic heterocycles. The molecule has 0 radical (unpaired) electrons. The van der Waals surface area contributed by atoms with E-state index < -0.39 is 11.5 Å². The van der Waals surface area contributed by atoms with Gasteiger partial charge in [0, 0.05) is 23.6 Å². The summed E-state index contributed by atoms with van der Waals surface area (Å²) in [7, 11) is 3.68. The molecule has 4 heterocycles. The molecule has 5 fully saturated rings. The van der Waals surface area contributed by atoms with Crippen molar-refractivity contribution in [1.29, 1.82) is 0 Å². The highest BCUT2D eigenvalue weighted by atomic mass is 33.1. The predicted octanol–water partition coefficient (Wildman–Crippen LogP) is 8.02. The molecule has 290 valence electrons. The molecule has 10 aliphatic rings. The Kier molecular flexibility index (Phi) is 10.1. The normalized spacial score (nSPS) is 40.3. The summed E-state index contributed by atoms with van der Waals surface area (Å²) >= 11 is 0. The van der Waals surface area contributed by atoms with Crippen molar-refractivity contribution in [2.75, 3.05) is 19.0 Å². The summed E-state index contributed by atoms with van der Waals surface area (Å²) in [5, 5.41) is 21.6. The quantitative estimate of drug-likeness (QED) is 0.163. The summed E-state index contributed by atoms with van der Waals surface area (Å²) in [4.78, 5) is 29.2. The molecule has 53 heavy (non-hydrogen) atoms. The number of esters is 2. The standard InChI is InChI=1S/C43H61N3O5S2/c1-4-41(15-5-6-16-41)22-31-30-11-10-28-29-13-19-43(35(28)34(30)39(48)50-31)32-12-9-25(2)38(45-23-26(3)47)53-52-24-46-33-21-27(14-20-44-33)42(17-7-8-18-42)36(29)37(43)40(49)51-32/h12,22,25-29,33,35,38,44-47H,4-11,13-21,23-24H2,1-3H3. The highest BCUT2D eigenvalue weighted by Crippen LogP contribution is 2.74. The minimum absolute atomic E-state index is 0.00127. The van der Waals surface area contributed by atoms with Gasteiger partial charge in [0.25, 0.3) is 0 Å². The number of fused-ring (bicyclic) bond motifs is 4. The van der Waals surface area contributed by atoms with Gasteiger partial charge in [-0.1, -0.05) is 61.1 Å². The van der Waals surface area contributed by atoms with Crippen molar-refractivity contribution >= 4 is 33.5 Å². The molecule has 10 heteroatoms. The van der Waals surface area contributed by atoms with Crippen LogP contribution in [0.15, 0.2) is 46.0 Å². The Balaban J connectivity index is 1.21. The van der Waals surface area contributed by atoms with Crippen LogP contribution in [-0.4, -0.2) is 53.7 Å². The van der Waals surface area contributed by atoms with Gasteiger partial charge in [0.1, 0.15) is 11.5 Å². The molecule has 0 aromatic rings. The van der Waals surface area contributed by atoms with Gasteiger partial charge in [-0.3, -0.25) is 5.32 Å². The molecule has 0 aromatic carbocycles. The lowest BCUT2D eigenvalue weighted by Crippen LogP contribution is -2.57. The second-order valence-corrected chi connectivity index (χ2v) is 20.8. The average molecular weight is 764 g/mol. The third-order valence-corrected chi connectivity index (χ3v) is 18.3. The van der Waals surface area contributed by atoms with Crippen LogP contribution in [0, 0.1) is 45.8 Å². The van der Waals surface area contributed by atoms with Crippen molar-refractivity contribution in [3.05, 3.63) is 46.0 Å². The maximum absolute atomic E-state index is 14.8. The first kappa shape index (κ1) is 37.0. The summed E-state index contributed by atoms with van der Waals surface area (Å²) in [6, 6.07) is 0. The number of aliphatic hydroxyl groups is 1. The minimum Gasteiger partial charge on any atom is -0.427 e. The third-order valence-electron chi connectivity index (χ3n) is 15.7. The Bertz CT molecular complexity index is 1620. The second kappa shape index (κ2) is 14.4. The van der Waals surface area contributed by atoms with Gasteiger partial charge in [-0.05, 0) is 143 Å². The molecule has 6 aliphatic carbocycles. The number of carbonyl (C=O) groups excluding carboxylic acids is 2. The van der Waals surface area contributed by atoms with Crippen LogP contribution in [0.2, 0.25) is 0 Å². The van der Waals surface area contributed by atoms with E-state index >= 15 is 0 Å². The van der Waals surface area contributed by atoms with Crippen LogP contribution in [0.25, 0.3) is 0 Å². The zero-order valence-corrected chi connectivity index (χ0v) is 33.7. The van der Waals surface area contributed by atoms with Crippen molar-refractivity contribution in [1.82, 2.24) is 16.0 Å². The maximum Gasteiger partial charge on any atom is 0.340 e. The number of rotatable bonds is 5. The third kappa shape index (κ3) is 6.00. The lowest BCUT2D eigenvalue weighted by Gasteiger charge is -2.60. The van der Waals surface area contributed by atoms with E-state index in [2.05, 4.69) is 41.9 Å². The van der Waals surface area contributed by atoms with Gasteiger partial charge in [0.05, 0.1) is 34.5 Å². The molecular formula is C43H61N3O5S2. The van der Waals surface area contributed by atoms with E-state index in [0.29, 0.717) is 24.3 Å². The molecule has 0 aromatic heterocycles. The number of ether oxygens (including phenoxy) is 2. The summed E-state index contributed by atoms with van der Waals surface area (Å²) in [5.74, 6) is 3.40. The maximum atomic E-state index is 14.8. The van der Waals surface area contributed by atoms with Crippen LogP contribution in [0.4, 0.5) is 0 Å². The number of allylic oxidation sites excluding steroid dienone is 5. The molecule has 10 rings (SSSR count). The first-order chi connectivity index (χ1) is 25.7. The van der Waals surface area contributed by atoms with Crippen molar-refractivity contribution < 1.29 is 24.2 Å². The monoisotopic (exact) mass is 763 g/mol. The summed E-state index contributed by atoms with van der Waals surface area (Å²) in [6.07, 6.45) is 21.7. The summed E-state index contributed by atoms with van der Waals surface area (Å²) in [5.41, 5.74) is 3.91. The number of hydrogen-bond acceptors (Lipinski definition) is 10. The van der Waals surface area contributed by atoms with E-state index in [9.17, 15) is 14.7 Å². The van der Waals surface area contributed by atoms with Gasteiger partial charge in [-0.2, -0.15) is 0 Å². The van der Waals surface area contributed by atoms with E-state index in [1.807, 2.05) is 28.5 Å². The van der Waals surface area contributed by atoms with Gasteiger partial charge in [0.2, 0.25) is 0 Å². The number of nitrogens with one attached hydrogen (secondary N) is 3. The van der Waals surface area contributed by atoms with E-state index in [-0.39, 0.29) is 46.1 Å². The highest BCUT2D eigenvalue weighted by molar-refractivity contribution is 8.76. The first-order valence-electron chi connectivity index (χ1n) is 21.2. The zero-order valence-electron chi connectivity index (χ0n) is 32.1. The van der Waals surface area contributed by atoms with Crippen molar-refractivity contribution in [3.63, 3.8) is 0 Å². The Labute approximate surface area is 324 Å². The Hall–Kier alpha value is -1.56. The van der Waals surface area contributed by atoms with Crippen LogP contribution in [-0.2, 0) is 19.1 Å².